The summed E-state index contributed by atoms with van der Waals surface area (Å²) >= 11 is 0. The van der Waals surface area contributed by atoms with Crippen molar-refractivity contribution in [3.8, 4) is 0 Å². The van der Waals surface area contributed by atoms with E-state index in [1.807, 2.05) is 0 Å². The fourth-order valence-corrected chi connectivity index (χ4v) is 4.72. The molecule has 0 amide bonds. The largest absolute Gasteiger partial charge is 0.355 e. The van der Waals surface area contributed by atoms with Gasteiger partial charge in [0.25, 0.3) is 0 Å². The molecule has 0 atom stereocenters. The summed E-state index contributed by atoms with van der Waals surface area (Å²) < 4.78 is 0. The number of hydrogen-bond acceptors (Lipinski definition) is 2. The van der Waals surface area contributed by atoms with Crippen LogP contribution in [0.15, 0.2) is 36.4 Å². The summed E-state index contributed by atoms with van der Waals surface area (Å²) in [5.74, 6) is 1.21. The lowest BCUT2D eigenvalue weighted by Crippen LogP contribution is -1.91. The molecule has 0 saturated heterocycles. The van der Waals surface area contributed by atoms with E-state index in [-0.39, 0.29) is 0 Å². The standard InChI is InChI=1S/C26H22N4/c1-2-15(1)25-21-9-5-17(27-21)13-19-7-11-23(29-19)26(16-3-4-16)24-12-8-20(30-24)14-18-6-10-22(25)28-18/h5-16,27-28H,1-4H2. The molecule has 0 spiro atoms. The molecule has 3 aromatic rings. The number of nitrogens with one attached hydrogen (secondary N) is 2. The van der Waals surface area contributed by atoms with Crippen molar-refractivity contribution in [1.29, 1.82) is 0 Å². The van der Waals surface area contributed by atoms with Crippen LogP contribution < -0.4 is 0 Å². The molecule has 7 rings (SSSR count). The first-order valence-corrected chi connectivity index (χ1v) is 10.9. The van der Waals surface area contributed by atoms with E-state index in [9.17, 15) is 0 Å². The molecule has 4 heteroatoms. The normalized spacial score (nSPS) is 17.6. The van der Waals surface area contributed by atoms with Gasteiger partial charge >= 0.3 is 0 Å². The van der Waals surface area contributed by atoms with E-state index in [4.69, 9.17) is 9.97 Å². The molecule has 0 aromatic carbocycles. The van der Waals surface area contributed by atoms with Crippen LogP contribution in [0, 0.1) is 0 Å². The van der Waals surface area contributed by atoms with Gasteiger partial charge in [0.05, 0.1) is 22.8 Å². The Balaban J connectivity index is 1.58. The summed E-state index contributed by atoms with van der Waals surface area (Å²) in [5, 5.41) is 0. The van der Waals surface area contributed by atoms with Crippen LogP contribution in [0.5, 0.6) is 0 Å². The van der Waals surface area contributed by atoms with E-state index in [1.54, 1.807) is 0 Å². The number of fused-ring (bicyclic) bond motifs is 8. The number of hydrogen-bond donors (Lipinski definition) is 2. The van der Waals surface area contributed by atoms with E-state index in [0.29, 0.717) is 11.8 Å². The second-order valence-corrected chi connectivity index (χ2v) is 8.83. The van der Waals surface area contributed by atoms with Gasteiger partial charge in [-0.05, 0) is 98.2 Å². The molecule has 2 N–H and O–H groups in total. The minimum Gasteiger partial charge on any atom is -0.355 e. The van der Waals surface area contributed by atoms with Crippen LogP contribution in [0.4, 0.5) is 0 Å². The zero-order valence-corrected chi connectivity index (χ0v) is 16.7. The summed E-state index contributed by atoms with van der Waals surface area (Å²) in [6, 6.07) is 13.0. The molecule has 4 nitrogen and oxygen atoms in total. The Kier molecular flexibility index (Phi) is 3.31. The Morgan fingerprint density at radius 1 is 0.600 bits per heavy atom. The molecule has 2 saturated carbocycles. The van der Waals surface area contributed by atoms with Gasteiger partial charge in [0.15, 0.2) is 0 Å². The zero-order valence-electron chi connectivity index (χ0n) is 16.7. The van der Waals surface area contributed by atoms with Gasteiger partial charge in [-0.2, -0.15) is 0 Å². The van der Waals surface area contributed by atoms with E-state index in [1.165, 1.54) is 47.8 Å². The zero-order chi connectivity index (χ0) is 19.7. The Labute approximate surface area is 174 Å². The summed E-state index contributed by atoms with van der Waals surface area (Å²) in [6.07, 6.45) is 13.5. The minimum absolute atomic E-state index is 0.583. The molecular weight excluding hydrogens is 368 g/mol. The Morgan fingerprint density at radius 2 is 1.10 bits per heavy atom. The average molecular weight is 390 g/mol. The SMILES string of the molecule is C1=Cc2nc1cc1ccc([nH]1)c(C1CC1)c1ccc(cc3nc(c2C2CC2)C=C3)[nH]1. The van der Waals surface area contributed by atoms with Crippen LogP contribution in [0.2, 0.25) is 0 Å². The molecular formula is C26H22N4. The topological polar surface area (TPSA) is 57.4 Å². The number of aromatic nitrogens is 4. The molecule has 0 radical (unpaired) electrons. The van der Waals surface area contributed by atoms with Crippen LogP contribution in [-0.2, 0) is 0 Å². The summed E-state index contributed by atoms with van der Waals surface area (Å²) in [4.78, 5) is 17.2. The third-order valence-electron chi connectivity index (χ3n) is 6.45. The highest BCUT2D eigenvalue weighted by atomic mass is 14.8. The van der Waals surface area contributed by atoms with Crippen molar-refractivity contribution in [1.82, 2.24) is 19.9 Å². The molecule has 30 heavy (non-hydrogen) atoms. The molecule has 2 fully saturated rings. The highest BCUT2D eigenvalue weighted by Gasteiger charge is 2.29. The second-order valence-electron chi connectivity index (χ2n) is 8.83. The molecule has 2 aliphatic heterocycles. The van der Waals surface area contributed by atoms with Gasteiger partial charge in [-0.1, -0.05) is 0 Å². The predicted molar refractivity (Wildman–Crippen MR) is 123 cm³/mol. The molecule has 0 unspecified atom stereocenters. The van der Waals surface area contributed by atoms with Crippen LogP contribution in [0.3, 0.4) is 0 Å². The Morgan fingerprint density at radius 3 is 1.60 bits per heavy atom. The maximum atomic E-state index is 4.95. The third-order valence-corrected chi connectivity index (χ3v) is 6.45. The number of H-pyrrole nitrogens is 2. The van der Waals surface area contributed by atoms with E-state index in [0.717, 1.165) is 33.8 Å². The molecule has 5 heterocycles. The average Bonchev–Trinajstić information content (AvgIpc) is 3.51. The van der Waals surface area contributed by atoms with E-state index >= 15 is 0 Å². The van der Waals surface area contributed by atoms with Crippen LogP contribution in [0.1, 0.15) is 71.4 Å². The first kappa shape index (κ1) is 16.4. The van der Waals surface area contributed by atoms with Crippen molar-refractivity contribution in [2.24, 2.45) is 0 Å². The van der Waals surface area contributed by atoms with Crippen molar-refractivity contribution >= 4 is 46.4 Å². The van der Waals surface area contributed by atoms with Gasteiger partial charge < -0.3 is 9.97 Å². The van der Waals surface area contributed by atoms with Crippen molar-refractivity contribution in [3.63, 3.8) is 0 Å². The Bertz CT molecular complexity index is 1310. The van der Waals surface area contributed by atoms with Crippen molar-refractivity contribution < 1.29 is 0 Å². The van der Waals surface area contributed by atoms with Gasteiger partial charge in [0.2, 0.25) is 0 Å². The highest BCUT2D eigenvalue weighted by Crippen LogP contribution is 2.45. The summed E-state index contributed by atoms with van der Waals surface area (Å²) in [7, 11) is 0. The van der Waals surface area contributed by atoms with Gasteiger partial charge in [-0.15, -0.1) is 0 Å². The van der Waals surface area contributed by atoms with Crippen LogP contribution in [-0.4, -0.2) is 19.9 Å². The predicted octanol–water partition coefficient (Wildman–Crippen LogP) is 6.41. The summed E-state index contributed by atoms with van der Waals surface area (Å²) in [6.45, 7) is 0. The quantitative estimate of drug-likeness (QED) is 0.366. The smallest absolute Gasteiger partial charge is 0.0694 e. The van der Waals surface area contributed by atoms with Crippen LogP contribution in [0.25, 0.3) is 46.4 Å². The first-order valence-electron chi connectivity index (χ1n) is 10.9. The fourth-order valence-electron chi connectivity index (χ4n) is 4.72. The first-order chi connectivity index (χ1) is 14.8. The van der Waals surface area contributed by atoms with Gasteiger partial charge in [0, 0.05) is 33.2 Å². The Hall–Kier alpha value is -3.40. The molecule has 4 aliphatic rings. The molecule has 2 aliphatic carbocycles. The highest BCUT2D eigenvalue weighted by molar-refractivity contribution is 5.81. The molecule has 3 aromatic heterocycles. The lowest BCUT2D eigenvalue weighted by atomic mass is 10.1. The van der Waals surface area contributed by atoms with Crippen molar-refractivity contribution in [2.45, 2.75) is 37.5 Å². The monoisotopic (exact) mass is 390 g/mol. The van der Waals surface area contributed by atoms with Crippen LogP contribution >= 0.6 is 0 Å². The van der Waals surface area contributed by atoms with E-state index < -0.39 is 0 Å². The number of aromatic amines is 2. The maximum absolute atomic E-state index is 4.95. The van der Waals surface area contributed by atoms with Crippen molar-refractivity contribution in [2.75, 3.05) is 0 Å². The fraction of sp³-hybridized carbons (Fsp3) is 0.231. The van der Waals surface area contributed by atoms with Gasteiger partial charge in [0.1, 0.15) is 0 Å². The maximum Gasteiger partial charge on any atom is 0.0694 e. The van der Waals surface area contributed by atoms with E-state index in [2.05, 4.69) is 70.7 Å². The lowest BCUT2D eigenvalue weighted by Gasteiger charge is -2.00. The molecule has 146 valence electrons. The lowest BCUT2D eigenvalue weighted by molar-refractivity contribution is 1.06. The number of nitrogens with zero attached hydrogens (tertiary/aromatic N) is 2. The summed E-state index contributed by atoms with van der Waals surface area (Å²) in [5.41, 5.74) is 11.4. The van der Waals surface area contributed by atoms with Crippen molar-refractivity contribution in [3.05, 3.63) is 70.3 Å². The third kappa shape index (κ3) is 2.75. The molecule has 8 bridgehead atoms. The second kappa shape index (κ2) is 6.05. The van der Waals surface area contributed by atoms with Gasteiger partial charge in [-0.25, -0.2) is 9.97 Å². The number of rotatable bonds is 2. The van der Waals surface area contributed by atoms with Gasteiger partial charge in [-0.3, -0.25) is 0 Å². The minimum atomic E-state index is 0.583.